The maximum atomic E-state index is 12.2. The van der Waals surface area contributed by atoms with Crippen molar-refractivity contribution in [2.75, 3.05) is 7.11 Å². The number of carbonyl (C=O) groups is 1. The number of nitrogens with zero attached hydrogens (tertiary/aromatic N) is 1. The molecule has 0 aliphatic rings. The minimum Gasteiger partial charge on any atom is -0.493 e. The molecule has 0 aliphatic heterocycles. The second-order valence-corrected chi connectivity index (χ2v) is 7.38. The smallest absolute Gasteiger partial charge is 0.272 e. The molecular weight excluding hydrogens is 447 g/mol. The first-order valence-electron chi connectivity index (χ1n) is 8.80. The van der Waals surface area contributed by atoms with E-state index in [0.717, 1.165) is 5.56 Å². The second-order valence-electron chi connectivity index (χ2n) is 6.13. The normalized spacial score (nSPS) is 10.8. The third-order valence-electron chi connectivity index (χ3n) is 4.03. The zero-order chi connectivity index (χ0) is 21.5. The number of ether oxygens (including phenoxy) is 2. The number of carbonyl (C=O) groups excluding carboxylic acids is 1. The first kappa shape index (κ1) is 22.0. The van der Waals surface area contributed by atoms with Crippen molar-refractivity contribution in [1.82, 2.24) is 5.43 Å². The molecule has 0 fully saturated rings. The van der Waals surface area contributed by atoms with Crippen LogP contribution in [0.4, 0.5) is 0 Å². The molecular formula is C22H17Cl3N2O3. The molecule has 3 aromatic rings. The molecule has 1 amide bonds. The number of benzene rings is 3. The Hall–Kier alpha value is -2.73. The molecule has 5 nitrogen and oxygen atoms in total. The summed E-state index contributed by atoms with van der Waals surface area (Å²) in [5, 5.41) is 4.99. The van der Waals surface area contributed by atoms with Crippen LogP contribution in [-0.2, 0) is 6.61 Å². The molecule has 0 aliphatic carbocycles. The summed E-state index contributed by atoms with van der Waals surface area (Å²) in [6.07, 6.45) is 1.44. The van der Waals surface area contributed by atoms with Crippen molar-refractivity contribution in [3.8, 4) is 11.5 Å². The van der Waals surface area contributed by atoms with Gasteiger partial charge in [0.2, 0.25) is 0 Å². The number of amides is 1. The number of hydrazone groups is 1. The Labute approximate surface area is 189 Å². The molecule has 0 bridgehead atoms. The number of rotatable bonds is 7. The van der Waals surface area contributed by atoms with Gasteiger partial charge in [0.15, 0.2) is 11.5 Å². The predicted octanol–water partition coefficient (Wildman–Crippen LogP) is 6.00. The highest BCUT2D eigenvalue weighted by atomic mass is 35.5. The highest BCUT2D eigenvalue weighted by molar-refractivity contribution is 6.36. The van der Waals surface area contributed by atoms with E-state index < -0.39 is 5.91 Å². The first-order valence-corrected chi connectivity index (χ1v) is 9.94. The molecule has 0 saturated carbocycles. The summed E-state index contributed by atoms with van der Waals surface area (Å²) in [5.74, 6) is 0.415. The predicted molar refractivity (Wildman–Crippen MR) is 120 cm³/mol. The van der Waals surface area contributed by atoms with E-state index in [0.29, 0.717) is 33.7 Å². The molecule has 0 heterocycles. The fourth-order valence-corrected chi connectivity index (χ4v) is 3.35. The molecule has 0 unspecified atom stereocenters. The van der Waals surface area contributed by atoms with Gasteiger partial charge in [0.1, 0.15) is 6.61 Å². The average Bonchev–Trinajstić information content (AvgIpc) is 2.73. The van der Waals surface area contributed by atoms with Crippen molar-refractivity contribution in [3.63, 3.8) is 0 Å². The zero-order valence-corrected chi connectivity index (χ0v) is 18.1. The standard InChI is InChI=1S/C22H17Cl3N2O3/c1-29-20-10-15(9-19(25)21(20)30-13-14-5-3-2-4-6-14)12-26-27-22(28)17-8-7-16(23)11-18(17)24/h2-12H,13H2,1H3,(H,27,28)/b26-12-. The topological polar surface area (TPSA) is 59.9 Å². The summed E-state index contributed by atoms with van der Waals surface area (Å²) in [7, 11) is 1.52. The van der Waals surface area contributed by atoms with Gasteiger partial charge in [0.25, 0.3) is 5.91 Å². The fourth-order valence-electron chi connectivity index (χ4n) is 2.58. The van der Waals surface area contributed by atoms with Crippen LogP contribution in [0.2, 0.25) is 15.1 Å². The Kier molecular flexibility index (Phi) is 7.57. The molecule has 0 aromatic heterocycles. The van der Waals surface area contributed by atoms with E-state index in [1.165, 1.54) is 25.5 Å². The number of halogens is 3. The molecule has 3 rings (SSSR count). The summed E-state index contributed by atoms with van der Waals surface area (Å²) in [6.45, 7) is 0.349. The van der Waals surface area contributed by atoms with Gasteiger partial charge in [-0.2, -0.15) is 5.10 Å². The number of methoxy groups -OCH3 is 1. The summed E-state index contributed by atoms with van der Waals surface area (Å²) in [4.78, 5) is 12.2. The number of hydrogen-bond donors (Lipinski definition) is 1. The SMILES string of the molecule is COc1cc(/C=N\NC(=O)c2ccc(Cl)cc2Cl)cc(Cl)c1OCc1ccccc1. The van der Waals surface area contributed by atoms with Crippen LogP contribution in [-0.4, -0.2) is 19.2 Å². The van der Waals surface area contributed by atoms with Crippen LogP contribution in [0.15, 0.2) is 65.8 Å². The van der Waals surface area contributed by atoms with Crippen molar-refractivity contribution in [3.05, 3.63) is 92.4 Å². The van der Waals surface area contributed by atoms with Gasteiger partial charge in [-0.25, -0.2) is 5.43 Å². The van der Waals surface area contributed by atoms with Gasteiger partial charge in [-0.05, 0) is 41.5 Å². The summed E-state index contributed by atoms with van der Waals surface area (Å²) in [5.41, 5.74) is 4.30. The molecule has 154 valence electrons. The van der Waals surface area contributed by atoms with Crippen LogP contribution in [0.5, 0.6) is 11.5 Å². The minimum absolute atomic E-state index is 0.236. The Morgan fingerprint density at radius 3 is 2.50 bits per heavy atom. The van der Waals surface area contributed by atoms with Crippen molar-refractivity contribution >= 4 is 46.9 Å². The lowest BCUT2D eigenvalue weighted by Gasteiger charge is -2.13. The van der Waals surface area contributed by atoms with Gasteiger partial charge in [0, 0.05) is 5.02 Å². The van der Waals surface area contributed by atoms with E-state index >= 15 is 0 Å². The third-order valence-corrected chi connectivity index (χ3v) is 4.86. The van der Waals surface area contributed by atoms with E-state index in [4.69, 9.17) is 44.3 Å². The maximum absolute atomic E-state index is 12.2. The van der Waals surface area contributed by atoms with Gasteiger partial charge >= 0.3 is 0 Å². The molecule has 0 saturated heterocycles. The Morgan fingerprint density at radius 1 is 1.03 bits per heavy atom. The van der Waals surface area contributed by atoms with E-state index in [-0.39, 0.29) is 10.6 Å². The van der Waals surface area contributed by atoms with Gasteiger partial charge in [-0.3, -0.25) is 4.79 Å². The van der Waals surface area contributed by atoms with Gasteiger partial charge < -0.3 is 9.47 Å². The molecule has 30 heavy (non-hydrogen) atoms. The van der Waals surface area contributed by atoms with E-state index in [1.807, 2.05) is 30.3 Å². The monoisotopic (exact) mass is 462 g/mol. The average molecular weight is 464 g/mol. The largest absolute Gasteiger partial charge is 0.493 e. The van der Waals surface area contributed by atoms with Crippen LogP contribution in [0.1, 0.15) is 21.5 Å². The van der Waals surface area contributed by atoms with Crippen LogP contribution in [0.25, 0.3) is 0 Å². The van der Waals surface area contributed by atoms with Crippen molar-refractivity contribution in [2.24, 2.45) is 5.10 Å². The van der Waals surface area contributed by atoms with Gasteiger partial charge in [0.05, 0.1) is 28.9 Å². The lowest BCUT2D eigenvalue weighted by molar-refractivity contribution is 0.0955. The lowest BCUT2D eigenvalue weighted by atomic mass is 10.2. The molecule has 0 spiro atoms. The van der Waals surface area contributed by atoms with Crippen LogP contribution >= 0.6 is 34.8 Å². The van der Waals surface area contributed by atoms with E-state index in [1.54, 1.807) is 18.2 Å². The highest BCUT2D eigenvalue weighted by Gasteiger charge is 2.13. The third kappa shape index (κ3) is 5.66. The van der Waals surface area contributed by atoms with E-state index in [9.17, 15) is 4.79 Å². The van der Waals surface area contributed by atoms with Crippen molar-refractivity contribution < 1.29 is 14.3 Å². The van der Waals surface area contributed by atoms with Crippen molar-refractivity contribution in [1.29, 1.82) is 0 Å². The number of hydrogen-bond acceptors (Lipinski definition) is 4. The minimum atomic E-state index is -0.464. The molecule has 1 N–H and O–H groups in total. The summed E-state index contributed by atoms with van der Waals surface area (Å²) in [6, 6.07) is 17.7. The summed E-state index contributed by atoms with van der Waals surface area (Å²) < 4.78 is 11.2. The Morgan fingerprint density at radius 2 is 1.80 bits per heavy atom. The Bertz CT molecular complexity index is 1070. The lowest BCUT2D eigenvalue weighted by Crippen LogP contribution is -2.18. The second kappa shape index (κ2) is 10.3. The fraction of sp³-hybridized carbons (Fsp3) is 0.0909. The highest BCUT2D eigenvalue weighted by Crippen LogP contribution is 2.36. The molecule has 8 heteroatoms. The molecule has 0 atom stereocenters. The zero-order valence-electron chi connectivity index (χ0n) is 15.9. The van der Waals surface area contributed by atoms with Crippen LogP contribution in [0, 0.1) is 0 Å². The van der Waals surface area contributed by atoms with Crippen molar-refractivity contribution in [2.45, 2.75) is 6.61 Å². The first-order chi connectivity index (χ1) is 14.5. The quantitative estimate of drug-likeness (QED) is 0.345. The van der Waals surface area contributed by atoms with Crippen LogP contribution in [0.3, 0.4) is 0 Å². The van der Waals surface area contributed by atoms with Crippen LogP contribution < -0.4 is 14.9 Å². The number of nitrogens with one attached hydrogen (secondary N) is 1. The maximum Gasteiger partial charge on any atom is 0.272 e. The summed E-state index contributed by atoms with van der Waals surface area (Å²) >= 11 is 18.2. The van der Waals surface area contributed by atoms with Gasteiger partial charge in [-0.1, -0.05) is 65.1 Å². The molecule has 3 aromatic carbocycles. The Balaban J connectivity index is 1.70. The van der Waals surface area contributed by atoms with Gasteiger partial charge in [-0.15, -0.1) is 0 Å². The molecule has 0 radical (unpaired) electrons. The van der Waals surface area contributed by atoms with E-state index in [2.05, 4.69) is 10.5 Å².